The summed E-state index contributed by atoms with van der Waals surface area (Å²) in [7, 11) is 0. The van der Waals surface area contributed by atoms with Crippen LogP contribution in [0, 0.1) is 5.92 Å². The first-order valence-corrected chi connectivity index (χ1v) is 8.11. The first-order valence-electron chi connectivity index (χ1n) is 7.32. The Balaban J connectivity index is 2.65. The van der Waals surface area contributed by atoms with E-state index < -0.39 is 0 Å². The number of hydrogen-bond donors (Lipinski definition) is 0. The molecule has 0 aliphatic heterocycles. The molecule has 0 spiro atoms. The van der Waals surface area contributed by atoms with Gasteiger partial charge in [0.2, 0.25) is 0 Å². The molecule has 2 rings (SSSR count). The fraction of sp³-hybridized carbons (Fsp3) is 0.200. The number of rotatable bonds is 4. The quantitative estimate of drug-likeness (QED) is 0.427. The largest absolute Gasteiger partial charge is 0.0911 e. The molecular weight excluding hydrogens is 320 g/mol. The van der Waals surface area contributed by atoms with E-state index in [4.69, 9.17) is 0 Å². The molecule has 0 N–H and O–H groups in total. The third kappa shape index (κ3) is 3.74. The summed E-state index contributed by atoms with van der Waals surface area (Å²) in [6.07, 6.45) is 8.73. The second kappa shape index (κ2) is 7.42. The summed E-state index contributed by atoms with van der Waals surface area (Å²) in [4.78, 5) is 0. The van der Waals surface area contributed by atoms with Gasteiger partial charge in [0.05, 0.1) is 0 Å². The van der Waals surface area contributed by atoms with Crippen molar-refractivity contribution in [1.82, 2.24) is 0 Å². The summed E-state index contributed by atoms with van der Waals surface area (Å²) in [6.45, 7) is 6.33. The van der Waals surface area contributed by atoms with Crippen LogP contribution in [0.2, 0.25) is 0 Å². The molecule has 0 amide bonds. The van der Waals surface area contributed by atoms with Gasteiger partial charge in [-0.15, -0.1) is 0 Å². The Morgan fingerprint density at radius 2 is 1.76 bits per heavy atom. The monoisotopic (exact) mass is 340 g/mol. The Morgan fingerprint density at radius 3 is 2.48 bits per heavy atom. The first-order chi connectivity index (χ1) is 10.2. The topological polar surface area (TPSA) is 0 Å². The molecule has 0 aliphatic carbocycles. The first kappa shape index (κ1) is 15.8. The summed E-state index contributed by atoms with van der Waals surface area (Å²) >= 11 is 3.71. The van der Waals surface area contributed by atoms with Gasteiger partial charge in [-0.25, -0.2) is 0 Å². The maximum Gasteiger partial charge on any atom is 0.0208 e. The van der Waals surface area contributed by atoms with Crippen LogP contribution in [0.25, 0.3) is 16.3 Å². The molecule has 0 aromatic heterocycles. The lowest BCUT2D eigenvalue weighted by molar-refractivity contribution is 0.940. The molecule has 2 aromatic carbocycles. The molecular formula is C20H21Br. The van der Waals surface area contributed by atoms with Gasteiger partial charge >= 0.3 is 0 Å². The molecule has 0 saturated carbocycles. The van der Waals surface area contributed by atoms with Crippen LogP contribution in [0.3, 0.4) is 0 Å². The van der Waals surface area contributed by atoms with Crippen LogP contribution in [-0.2, 0) is 0 Å². The second-order valence-corrected chi connectivity index (χ2v) is 5.98. The van der Waals surface area contributed by atoms with Crippen molar-refractivity contribution in [3.05, 3.63) is 76.8 Å². The van der Waals surface area contributed by atoms with E-state index in [-0.39, 0.29) is 0 Å². The zero-order valence-electron chi connectivity index (χ0n) is 12.8. The van der Waals surface area contributed by atoms with Crippen molar-refractivity contribution in [3.8, 4) is 0 Å². The van der Waals surface area contributed by atoms with E-state index in [0.717, 1.165) is 4.48 Å². The third-order valence-corrected chi connectivity index (χ3v) is 4.40. The minimum absolute atomic E-state index is 0.400. The highest BCUT2D eigenvalue weighted by Gasteiger charge is 2.09. The fourth-order valence-corrected chi connectivity index (χ4v) is 2.88. The summed E-state index contributed by atoms with van der Waals surface area (Å²) in [5, 5.41) is 2.56. The van der Waals surface area contributed by atoms with E-state index in [2.05, 4.69) is 103 Å². The summed E-state index contributed by atoms with van der Waals surface area (Å²) in [6, 6.07) is 15.0. The van der Waals surface area contributed by atoms with Gasteiger partial charge in [-0.3, -0.25) is 0 Å². The molecule has 1 heteroatoms. The zero-order chi connectivity index (χ0) is 15.2. The van der Waals surface area contributed by atoms with Crippen LogP contribution < -0.4 is 0 Å². The van der Waals surface area contributed by atoms with E-state index in [1.54, 1.807) is 0 Å². The minimum Gasteiger partial charge on any atom is -0.0911 e. The lowest BCUT2D eigenvalue weighted by Crippen LogP contribution is -1.92. The SMILES string of the molecule is CC=CC(C)C=C(C(Br)=CC)c1cccc2ccccc12. The van der Waals surface area contributed by atoms with Crippen LogP contribution >= 0.6 is 15.9 Å². The van der Waals surface area contributed by atoms with E-state index in [1.807, 2.05) is 0 Å². The van der Waals surface area contributed by atoms with Gasteiger partial charge in [0, 0.05) is 4.48 Å². The number of hydrogen-bond acceptors (Lipinski definition) is 0. The average Bonchev–Trinajstić information content (AvgIpc) is 2.52. The van der Waals surface area contributed by atoms with Crippen LogP contribution in [0.15, 0.2) is 71.3 Å². The Morgan fingerprint density at radius 1 is 1.05 bits per heavy atom. The molecule has 0 nitrogen and oxygen atoms in total. The second-order valence-electron chi connectivity index (χ2n) is 5.13. The van der Waals surface area contributed by atoms with Gasteiger partial charge in [-0.2, -0.15) is 0 Å². The summed E-state index contributed by atoms with van der Waals surface area (Å²) in [5.41, 5.74) is 2.52. The van der Waals surface area contributed by atoms with E-state index in [1.165, 1.54) is 21.9 Å². The number of fused-ring (bicyclic) bond motifs is 1. The van der Waals surface area contributed by atoms with E-state index >= 15 is 0 Å². The zero-order valence-corrected chi connectivity index (χ0v) is 14.4. The molecule has 21 heavy (non-hydrogen) atoms. The Bertz CT molecular complexity index is 699. The van der Waals surface area contributed by atoms with Crippen LogP contribution in [0.5, 0.6) is 0 Å². The fourth-order valence-electron chi connectivity index (χ4n) is 2.54. The maximum absolute atomic E-state index is 3.71. The van der Waals surface area contributed by atoms with Crippen LogP contribution in [0.1, 0.15) is 26.3 Å². The van der Waals surface area contributed by atoms with E-state index in [0.29, 0.717) is 5.92 Å². The molecule has 108 valence electrons. The third-order valence-electron chi connectivity index (χ3n) is 3.52. The summed E-state index contributed by atoms with van der Waals surface area (Å²) < 4.78 is 1.13. The van der Waals surface area contributed by atoms with Gasteiger partial charge in [-0.1, -0.05) is 89.6 Å². The predicted molar refractivity (Wildman–Crippen MR) is 98.6 cm³/mol. The average molecular weight is 341 g/mol. The molecule has 1 unspecified atom stereocenters. The van der Waals surface area contributed by atoms with Gasteiger partial charge in [0.15, 0.2) is 0 Å². The van der Waals surface area contributed by atoms with Crippen molar-refractivity contribution >= 4 is 32.3 Å². The number of benzene rings is 2. The lowest BCUT2D eigenvalue weighted by atomic mass is 9.95. The molecule has 1 atom stereocenters. The van der Waals surface area contributed by atoms with Crippen molar-refractivity contribution in [2.24, 2.45) is 5.92 Å². The van der Waals surface area contributed by atoms with Crippen LogP contribution in [0.4, 0.5) is 0 Å². The highest BCUT2D eigenvalue weighted by atomic mass is 79.9. The Kier molecular flexibility index (Phi) is 5.58. The number of allylic oxidation sites excluding steroid dienone is 6. The normalized spacial score (nSPS) is 14.9. The van der Waals surface area contributed by atoms with Gasteiger partial charge in [-0.05, 0) is 41.7 Å². The Hall–Kier alpha value is -1.60. The molecule has 2 aromatic rings. The van der Waals surface area contributed by atoms with E-state index in [9.17, 15) is 0 Å². The standard InChI is InChI=1S/C20H21Br/c1-4-9-15(3)14-19(20(21)5-2)18-13-8-11-16-10-6-7-12-17(16)18/h4-15H,1-3H3. The van der Waals surface area contributed by atoms with Gasteiger partial charge in [0.1, 0.15) is 0 Å². The predicted octanol–water partition coefficient (Wildman–Crippen LogP) is 6.73. The van der Waals surface area contributed by atoms with Crippen molar-refractivity contribution in [2.75, 3.05) is 0 Å². The molecule has 0 radical (unpaired) electrons. The maximum atomic E-state index is 3.71. The van der Waals surface area contributed by atoms with Gasteiger partial charge < -0.3 is 0 Å². The Labute approximate surface area is 136 Å². The highest BCUT2D eigenvalue weighted by Crippen LogP contribution is 2.33. The molecule has 0 heterocycles. The lowest BCUT2D eigenvalue weighted by Gasteiger charge is -2.13. The minimum atomic E-state index is 0.400. The smallest absolute Gasteiger partial charge is 0.0208 e. The van der Waals surface area contributed by atoms with Crippen molar-refractivity contribution in [3.63, 3.8) is 0 Å². The van der Waals surface area contributed by atoms with Crippen LogP contribution in [-0.4, -0.2) is 0 Å². The van der Waals surface area contributed by atoms with Crippen molar-refractivity contribution in [2.45, 2.75) is 20.8 Å². The van der Waals surface area contributed by atoms with Crippen molar-refractivity contribution in [1.29, 1.82) is 0 Å². The molecule has 0 bridgehead atoms. The van der Waals surface area contributed by atoms with Crippen molar-refractivity contribution < 1.29 is 0 Å². The number of halogens is 1. The molecule has 0 saturated heterocycles. The highest BCUT2D eigenvalue weighted by molar-refractivity contribution is 9.12. The summed E-state index contributed by atoms with van der Waals surface area (Å²) in [5.74, 6) is 0.400. The molecule has 0 aliphatic rings. The van der Waals surface area contributed by atoms with Gasteiger partial charge in [0.25, 0.3) is 0 Å². The molecule has 0 fully saturated rings.